The van der Waals surface area contributed by atoms with E-state index >= 15 is 0 Å². The van der Waals surface area contributed by atoms with Crippen molar-refractivity contribution in [3.63, 3.8) is 0 Å². The zero-order chi connectivity index (χ0) is 11.6. The van der Waals surface area contributed by atoms with Crippen LogP contribution in [0, 0.1) is 20.8 Å². The quantitative estimate of drug-likeness (QED) is 0.600. The van der Waals surface area contributed by atoms with Gasteiger partial charge in [-0.2, -0.15) is 12.6 Å². The van der Waals surface area contributed by atoms with Gasteiger partial charge in [0.2, 0.25) is 0 Å². The summed E-state index contributed by atoms with van der Waals surface area (Å²) in [6, 6.07) is 3.74. The number of thiol groups is 1. The Morgan fingerprint density at radius 1 is 1.33 bits per heavy atom. The van der Waals surface area contributed by atoms with E-state index in [-0.39, 0.29) is 5.88 Å². The second-order valence-electron chi connectivity index (χ2n) is 3.56. The maximum absolute atomic E-state index is 10.9. The lowest BCUT2D eigenvalue weighted by Gasteiger charge is -2.18. The zero-order valence-corrected chi connectivity index (χ0v) is 10.0. The predicted molar refractivity (Wildman–Crippen MR) is 65.0 cm³/mol. The summed E-state index contributed by atoms with van der Waals surface area (Å²) in [5.41, 5.74) is 4.07. The lowest BCUT2D eigenvalue weighted by Crippen LogP contribution is -2.27. The molecule has 82 valence electrons. The van der Waals surface area contributed by atoms with Crippen LogP contribution in [0.5, 0.6) is 0 Å². The second-order valence-corrected chi connectivity index (χ2v) is 3.84. The second kappa shape index (κ2) is 4.57. The van der Waals surface area contributed by atoms with Gasteiger partial charge in [0, 0.05) is 5.69 Å². The summed E-state index contributed by atoms with van der Waals surface area (Å²) in [5.74, 6) is 0.164. The third-order valence-corrected chi connectivity index (χ3v) is 2.88. The molecule has 1 rings (SSSR count). The minimum Gasteiger partial charge on any atom is -0.465 e. The number of nitrogens with zero attached hydrogens (tertiary/aromatic N) is 1. The van der Waals surface area contributed by atoms with Gasteiger partial charge >= 0.3 is 6.09 Å². The Kier molecular flexibility index (Phi) is 3.63. The molecule has 1 aromatic carbocycles. The summed E-state index contributed by atoms with van der Waals surface area (Å²) in [6.07, 6.45) is -0.979. The highest BCUT2D eigenvalue weighted by Gasteiger charge is 2.13. The number of amides is 1. The van der Waals surface area contributed by atoms with Gasteiger partial charge in [-0.3, -0.25) is 4.90 Å². The minimum absolute atomic E-state index is 0.164. The SMILES string of the molecule is Cc1cc(N(CS)C(=O)O)cc(C)c1C. The summed E-state index contributed by atoms with van der Waals surface area (Å²) in [5, 5.41) is 8.95. The van der Waals surface area contributed by atoms with Gasteiger partial charge in [-0.15, -0.1) is 0 Å². The summed E-state index contributed by atoms with van der Waals surface area (Å²) >= 11 is 4.01. The molecular weight excluding hydrogens is 210 g/mol. The molecule has 1 N–H and O–H groups in total. The monoisotopic (exact) mass is 225 g/mol. The van der Waals surface area contributed by atoms with Crippen LogP contribution in [0.3, 0.4) is 0 Å². The first kappa shape index (κ1) is 11.9. The largest absolute Gasteiger partial charge is 0.465 e. The van der Waals surface area contributed by atoms with E-state index in [1.54, 1.807) is 0 Å². The van der Waals surface area contributed by atoms with Crippen molar-refractivity contribution in [2.75, 3.05) is 10.8 Å². The lowest BCUT2D eigenvalue weighted by molar-refractivity contribution is 0.203. The first-order chi connectivity index (χ1) is 6.97. The standard InChI is InChI=1S/C11H15NO2S/c1-7-4-10(5-8(2)9(7)3)12(6-15)11(13)14/h4-5,15H,6H2,1-3H3,(H,13,14). The number of hydrogen-bond acceptors (Lipinski definition) is 2. The van der Waals surface area contributed by atoms with Crippen molar-refractivity contribution in [2.45, 2.75) is 20.8 Å². The Morgan fingerprint density at radius 3 is 2.13 bits per heavy atom. The average Bonchev–Trinajstić information content (AvgIpc) is 2.14. The van der Waals surface area contributed by atoms with Crippen molar-refractivity contribution in [1.82, 2.24) is 0 Å². The van der Waals surface area contributed by atoms with Crippen LogP contribution in [-0.2, 0) is 0 Å². The van der Waals surface area contributed by atoms with E-state index in [2.05, 4.69) is 12.6 Å². The summed E-state index contributed by atoms with van der Waals surface area (Å²) in [7, 11) is 0. The molecule has 15 heavy (non-hydrogen) atoms. The maximum Gasteiger partial charge on any atom is 0.412 e. The normalized spacial score (nSPS) is 10.1. The molecular formula is C11H15NO2S. The topological polar surface area (TPSA) is 40.5 Å². The number of carboxylic acid groups (broad SMARTS) is 1. The lowest BCUT2D eigenvalue weighted by atomic mass is 10.0. The van der Waals surface area contributed by atoms with Gasteiger partial charge in [0.05, 0.1) is 5.88 Å². The fourth-order valence-electron chi connectivity index (χ4n) is 1.42. The number of carbonyl (C=O) groups is 1. The fraction of sp³-hybridized carbons (Fsp3) is 0.364. The number of anilines is 1. The fourth-order valence-corrected chi connectivity index (χ4v) is 1.71. The molecule has 0 aliphatic heterocycles. The van der Waals surface area contributed by atoms with Gasteiger partial charge < -0.3 is 5.11 Å². The maximum atomic E-state index is 10.9. The summed E-state index contributed by atoms with van der Waals surface area (Å²) in [4.78, 5) is 12.1. The first-order valence-electron chi connectivity index (χ1n) is 4.66. The molecule has 1 amide bonds. The molecule has 0 radical (unpaired) electrons. The molecule has 0 atom stereocenters. The highest BCUT2D eigenvalue weighted by Crippen LogP contribution is 2.22. The molecule has 0 spiro atoms. The van der Waals surface area contributed by atoms with E-state index in [9.17, 15) is 4.79 Å². The van der Waals surface area contributed by atoms with Gasteiger partial charge in [-0.1, -0.05) is 0 Å². The third-order valence-electron chi connectivity index (χ3n) is 2.60. The van der Waals surface area contributed by atoms with E-state index in [4.69, 9.17) is 5.11 Å². The highest BCUT2D eigenvalue weighted by atomic mass is 32.1. The smallest absolute Gasteiger partial charge is 0.412 e. The van der Waals surface area contributed by atoms with Crippen LogP contribution >= 0.6 is 12.6 Å². The van der Waals surface area contributed by atoms with Gasteiger partial charge in [0.25, 0.3) is 0 Å². The van der Waals surface area contributed by atoms with Gasteiger partial charge in [-0.25, -0.2) is 4.79 Å². The van der Waals surface area contributed by atoms with Crippen LogP contribution in [0.2, 0.25) is 0 Å². The molecule has 0 aromatic heterocycles. The van der Waals surface area contributed by atoms with Crippen molar-refractivity contribution in [3.8, 4) is 0 Å². The molecule has 0 fully saturated rings. The summed E-state index contributed by atoms with van der Waals surface area (Å²) < 4.78 is 0. The van der Waals surface area contributed by atoms with Crippen molar-refractivity contribution >= 4 is 24.4 Å². The van der Waals surface area contributed by atoms with E-state index in [0.29, 0.717) is 5.69 Å². The minimum atomic E-state index is -0.979. The molecule has 0 aliphatic carbocycles. The molecule has 0 saturated heterocycles. The Labute approximate surface area is 95.1 Å². The van der Waals surface area contributed by atoms with Crippen LogP contribution < -0.4 is 4.90 Å². The number of rotatable bonds is 2. The van der Waals surface area contributed by atoms with Crippen LogP contribution in [0.15, 0.2) is 12.1 Å². The van der Waals surface area contributed by atoms with E-state index < -0.39 is 6.09 Å². The predicted octanol–water partition coefficient (Wildman–Crippen LogP) is 2.98. The Balaban J connectivity index is 3.20. The number of aryl methyl sites for hydroxylation is 2. The van der Waals surface area contributed by atoms with Crippen LogP contribution in [0.1, 0.15) is 16.7 Å². The highest BCUT2D eigenvalue weighted by molar-refractivity contribution is 7.80. The number of hydrogen-bond donors (Lipinski definition) is 2. The van der Waals surface area contributed by atoms with Crippen LogP contribution in [0.4, 0.5) is 10.5 Å². The molecule has 0 aliphatic rings. The number of benzene rings is 1. The van der Waals surface area contributed by atoms with Gasteiger partial charge in [0.15, 0.2) is 0 Å². The molecule has 0 heterocycles. The van der Waals surface area contributed by atoms with Crippen molar-refractivity contribution < 1.29 is 9.90 Å². The Hall–Kier alpha value is -1.16. The van der Waals surface area contributed by atoms with Crippen molar-refractivity contribution in [1.29, 1.82) is 0 Å². The average molecular weight is 225 g/mol. The molecule has 0 unspecified atom stereocenters. The van der Waals surface area contributed by atoms with Crippen molar-refractivity contribution in [2.24, 2.45) is 0 Å². The van der Waals surface area contributed by atoms with Crippen molar-refractivity contribution in [3.05, 3.63) is 28.8 Å². The van der Waals surface area contributed by atoms with Gasteiger partial charge in [0.1, 0.15) is 0 Å². The Morgan fingerprint density at radius 2 is 1.80 bits per heavy atom. The third kappa shape index (κ3) is 2.45. The van der Waals surface area contributed by atoms with Crippen LogP contribution in [0.25, 0.3) is 0 Å². The van der Waals surface area contributed by atoms with Gasteiger partial charge in [-0.05, 0) is 49.6 Å². The summed E-state index contributed by atoms with van der Waals surface area (Å²) in [6.45, 7) is 5.98. The molecule has 0 saturated carbocycles. The molecule has 1 aromatic rings. The molecule has 0 bridgehead atoms. The molecule has 4 heteroatoms. The van der Waals surface area contributed by atoms with E-state index in [1.165, 1.54) is 10.5 Å². The van der Waals surface area contributed by atoms with Crippen LogP contribution in [-0.4, -0.2) is 17.1 Å². The first-order valence-corrected chi connectivity index (χ1v) is 5.29. The Bertz CT molecular complexity index is 367. The van der Waals surface area contributed by atoms with E-state index in [0.717, 1.165) is 11.1 Å². The molecule has 3 nitrogen and oxygen atoms in total. The zero-order valence-electron chi connectivity index (χ0n) is 9.11. The van der Waals surface area contributed by atoms with E-state index in [1.807, 2.05) is 32.9 Å².